The van der Waals surface area contributed by atoms with Crippen LogP contribution in [0.5, 0.6) is 0 Å². The molecule has 0 bridgehead atoms. The molecule has 12 aromatic rings. The molecule has 6 nitrogen and oxygen atoms in total. The van der Waals surface area contributed by atoms with Gasteiger partial charge in [-0.3, -0.25) is 4.98 Å². The lowest BCUT2D eigenvalue weighted by atomic mass is 9.94. The Morgan fingerprint density at radius 1 is 0.414 bits per heavy atom. The van der Waals surface area contributed by atoms with E-state index in [9.17, 15) is 0 Å². The molecule has 270 valence electrons. The Morgan fingerprint density at radius 3 is 2.03 bits per heavy atom. The van der Waals surface area contributed by atoms with Crippen LogP contribution in [0.3, 0.4) is 0 Å². The molecule has 0 saturated heterocycles. The van der Waals surface area contributed by atoms with Crippen molar-refractivity contribution in [2.45, 2.75) is 0 Å². The SMILES string of the molecule is c1ccc(-c2nc(-c3cccc(-n4c5ccccc5c5cc(-c6ccc7ccccc7c6)c6ccccc6c54)c3)nc(-c3cccc4oc5ccncc5c34)n2)cc1. The Labute approximate surface area is 332 Å². The molecular formula is C52H31N5O. The standard InChI is InChI=1S/C52H31N5O/c1-2-13-33(14-3-1)50-54-51(56-52(55-50)41-21-11-23-47-48(41)44-31-53-27-26-46(44)58-47)36-16-10-17-37(29-36)57-45-22-9-8-19-39(45)43-30-42(38-18-6-7-20-40(38)49(43)57)35-25-24-32-12-4-5-15-34(32)28-35/h1-31H. The molecule has 58 heavy (non-hydrogen) atoms. The Balaban J connectivity index is 1.08. The molecule has 0 unspecified atom stereocenters. The van der Waals surface area contributed by atoms with E-state index in [4.69, 9.17) is 19.4 Å². The van der Waals surface area contributed by atoms with Crippen LogP contribution in [0.2, 0.25) is 0 Å². The van der Waals surface area contributed by atoms with Crippen LogP contribution in [0.15, 0.2) is 193 Å². The van der Waals surface area contributed by atoms with Crippen molar-refractivity contribution in [3.8, 4) is 51.0 Å². The van der Waals surface area contributed by atoms with Gasteiger partial charge in [-0.25, -0.2) is 15.0 Å². The molecule has 0 aliphatic heterocycles. The molecule has 0 aliphatic carbocycles. The molecule has 0 saturated carbocycles. The lowest BCUT2D eigenvalue weighted by Gasteiger charge is -2.14. The number of nitrogens with zero attached hydrogens (tertiary/aromatic N) is 5. The minimum atomic E-state index is 0.565. The first-order chi connectivity index (χ1) is 28.7. The molecule has 0 amide bonds. The highest BCUT2D eigenvalue weighted by atomic mass is 16.3. The van der Waals surface area contributed by atoms with Gasteiger partial charge in [0, 0.05) is 61.7 Å². The molecular weight excluding hydrogens is 711 g/mol. The van der Waals surface area contributed by atoms with Gasteiger partial charge in [0.2, 0.25) is 0 Å². The van der Waals surface area contributed by atoms with Gasteiger partial charge in [-0.15, -0.1) is 0 Å². The van der Waals surface area contributed by atoms with Crippen LogP contribution in [-0.2, 0) is 0 Å². The predicted octanol–water partition coefficient (Wildman–Crippen LogP) is 13.2. The van der Waals surface area contributed by atoms with E-state index in [1.54, 1.807) is 6.20 Å². The number of benzene rings is 8. The molecule has 12 rings (SSSR count). The molecule has 4 heterocycles. The van der Waals surface area contributed by atoms with E-state index >= 15 is 0 Å². The largest absolute Gasteiger partial charge is 0.456 e. The molecule has 0 fully saturated rings. The van der Waals surface area contributed by atoms with E-state index in [0.717, 1.165) is 55.3 Å². The topological polar surface area (TPSA) is 69.6 Å². The zero-order valence-corrected chi connectivity index (χ0v) is 31.0. The molecule has 0 spiro atoms. The second-order valence-corrected chi connectivity index (χ2v) is 14.7. The van der Waals surface area contributed by atoms with Gasteiger partial charge in [0.1, 0.15) is 11.2 Å². The van der Waals surface area contributed by atoms with E-state index in [1.165, 1.54) is 43.4 Å². The lowest BCUT2D eigenvalue weighted by molar-refractivity contribution is 0.668. The van der Waals surface area contributed by atoms with Gasteiger partial charge in [-0.1, -0.05) is 133 Å². The Morgan fingerprint density at radius 2 is 1.14 bits per heavy atom. The van der Waals surface area contributed by atoms with Crippen molar-refractivity contribution in [1.82, 2.24) is 24.5 Å². The zero-order valence-electron chi connectivity index (χ0n) is 31.0. The summed E-state index contributed by atoms with van der Waals surface area (Å²) in [6.45, 7) is 0. The summed E-state index contributed by atoms with van der Waals surface area (Å²) in [5.41, 5.74) is 9.90. The van der Waals surface area contributed by atoms with E-state index in [0.29, 0.717) is 17.5 Å². The van der Waals surface area contributed by atoms with Crippen molar-refractivity contribution >= 4 is 65.3 Å². The van der Waals surface area contributed by atoms with Crippen LogP contribution in [-0.4, -0.2) is 24.5 Å². The van der Waals surface area contributed by atoms with Gasteiger partial charge in [-0.2, -0.15) is 0 Å². The second kappa shape index (κ2) is 12.8. The number of furan rings is 1. The van der Waals surface area contributed by atoms with Crippen LogP contribution < -0.4 is 0 Å². The normalized spacial score (nSPS) is 11.8. The Bertz CT molecular complexity index is 3590. The minimum absolute atomic E-state index is 0.565. The van der Waals surface area contributed by atoms with Crippen molar-refractivity contribution in [2.24, 2.45) is 0 Å². The third-order valence-electron chi connectivity index (χ3n) is 11.3. The van der Waals surface area contributed by atoms with E-state index in [1.807, 2.05) is 60.8 Å². The van der Waals surface area contributed by atoms with Crippen LogP contribution >= 0.6 is 0 Å². The maximum Gasteiger partial charge on any atom is 0.164 e. The first-order valence-corrected chi connectivity index (χ1v) is 19.4. The number of hydrogen-bond donors (Lipinski definition) is 0. The monoisotopic (exact) mass is 741 g/mol. The molecule has 4 aromatic heterocycles. The van der Waals surface area contributed by atoms with Gasteiger partial charge in [0.15, 0.2) is 17.5 Å². The number of fused-ring (bicyclic) bond motifs is 9. The van der Waals surface area contributed by atoms with Crippen LogP contribution in [0, 0.1) is 0 Å². The Hall–Kier alpha value is -7.96. The fourth-order valence-electron chi connectivity index (χ4n) is 8.67. The predicted molar refractivity (Wildman–Crippen MR) is 236 cm³/mol. The van der Waals surface area contributed by atoms with Gasteiger partial charge < -0.3 is 8.98 Å². The quantitative estimate of drug-likeness (QED) is 0.176. The number of hydrogen-bond acceptors (Lipinski definition) is 5. The van der Waals surface area contributed by atoms with Crippen molar-refractivity contribution in [1.29, 1.82) is 0 Å². The van der Waals surface area contributed by atoms with Crippen molar-refractivity contribution < 1.29 is 4.42 Å². The first kappa shape index (κ1) is 32.3. The third-order valence-corrected chi connectivity index (χ3v) is 11.3. The fourth-order valence-corrected chi connectivity index (χ4v) is 8.67. The highest BCUT2D eigenvalue weighted by Gasteiger charge is 2.21. The summed E-state index contributed by atoms with van der Waals surface area (Å²) in [6, 6.07) is 61.7. The second-order valence-electron chi connectivity index (χ2n) is 14.7. The number of rotatable bonds is 5. The molecule has 0 atom stereocenters. The van der Waals surface area contributed by atoms with Gasteiger partial charge in [0.25, 0.3) is 0 Å². The van der Waals surface area contributed by atoms with Crippen molar-refractivity contribution in [2.75, 3.05) is 0 Å². The van der Waals surface area contributed by atoms with E-state index in [-0.39, 0.29) is 0 Å². The maximum atomic E-state index is 6.24. The minimum Gasteiger partial charge on any atom is -0.456 e. The first-order valence-electron chi connectivity index (χ1n) is 19.4. The fraction of sp³-hybridized carbons (Fsp3) is 0. The zero-order chi connectivity index (χ0) is 38.2. The number of pyridine rings is 1. The molecule has 0 aliphatic rings. The summed E-state index contributed by atoms with van der Waals surface area (Å²) in [7, 11) is 0. The van der Waals surface area contributed by atoms with Gasteiger partial charge >= 0.3 is 0 Å². The Kier molecular flexibility index (Phi) is 7.13. The maximum absolute atomic E-state index is 6.24. The summed E-state index contributed by atoms with van der Waals surface area (Å²) < 4.78 is 8.63. The van der Waals surface area contributed by atoms with Crippen LogP contribution in [0.1, 0.15) is 0 Å². The summed E-state index contributed by atoms with van der Waals surface area (Å²) in [5.74, 6) is 1.74. The summed E-state index contributed by atoms with van der Waals surface area (Å²) in [6.07, 6.45) is 3.59. The van der Waals surface area contributed by atoms with Crippen LogP contribution in [0.25, 0.3) is 116 Å². The highest BCUT2D eigenvalue weighted by Crippen LogP contribution is 2.42. The number of aromatic nitrogens is 5. The third kappa shape index (κ3) is 5.05. The number of para-hydroxylation sites is 1. The molecule has 6 heteroatoms. The highest BCUT2D eigenvalue weighted by molar-refractivity contribution is 6.22. The van der Waals surface area contributed by atoms with Gasteiger partial charge in [0.05, 0.1) is 11.0 Å². The smallest absolute Gasteiger partial charge is 0.164 e. The van der Waals surface area contributed by atoms with Crippen molar-refractivity contribution in [3.63, 3.8) is 0 Å². The average Bonchev–Trinajstić information content (AvgIpc) is 3.85. The lowest BCUT2D eigenvalue weighted by Crippen LogP contribution is -2.01. The summed E-state index contributed by atoms with van der Waals surface area (Å²) >= 11 is 0. The van der Waals surface area contributed by atoms with E-state index < -0.39 is 0 Å². The molecule has 8 aromatic carbocycles. The molecule has 0 radical (unpaired) electrons. The van der Waals surface area contributed by atoms with E-state index in [2.05, 4.69) is 131 Å². The summed E-state index contributed by atoms with van der Waals surface area (Å²) in [4.78, 5) is 19.8. The summed E-state index contributed by atoms with van der Waals surface area (Å²) in [5, 5.41) is 9.10. The average molecular weight is 742 g/mol. The van der Waals surface area contributed by atoms with Crippen LogP contribution in [0.4, 0.5) is 0 Å². The van der Waals surface area contributed by atoms with Crippen molar-refractivity contribution in [3.05, 3.63) is 188 Å². The van der Waals surface area contributed by atoms with Gasteiger partial charge in [-0.05, 0) is 69.8 Å². The molecule has 0 N–H and O–H groups in total.